The second-order valence-corrected chi connectivity index (χ2v) is 9.15. The van der Waals surface area contributed by atoms with Gasteiger partial charge < -0.3 is 14.6 Å². The largest absolute Gasteiger partial charge is 0.467 e. The van der Waals surface area contributed by atoms with Crippen LogP contribution < -0.4 is 16.6 Å². The summed E-state index contributed by atoms with van der Waals surface area (Å²) in [5.41, 5.74) is -1.12. The molecule has 188 valence electrons. The number of H-pyrrole nitrogens is 1. The lowest BCUT2D eigenvalue weighted by molar-refractivity contribution is -0.150. The number of fused-ring (bicyclic) bond motifs is 1. The van der Waals surface area contributed by atoms with E-state index in [2.05, 4.69) is 22.2 Å². The van der Waals surface area contributed by atoms with Crippen LogP contribution in [0.1, 0.15) is 83.9 Å². The number of ether oxygens (including phenoxy) is 1. The Morgan fingerprint density at radius 2 is 1.74 bits per heavy atom. The highest BCUT2D eigenvalue weighted by Gasteiger charge is 2.43. The van der Waals surface area contributed by atoms with E-state index in [0.29, 0.717) is 49.3 Å². The molecule has 0 unspecified atom stereocenters. The first kappa shape index (κ1) is 25.7. The fraction of sp³-hybridized carbons (Fsp3) is 0.708. The molecule has 2 aromatic heterocycles. The molecule has 2 heterocycles. The number of amides is 1. The number of esters is 1. The molecule has 10 nitrogen and oxygen atoms in total. The van der Waals surface area contributed by atoms with Crippen LogP contribution >= 0.6 is 0 Å². The molecule has 1 saturated carbocycles. The number of nitrogens with zero attached hydrogens (tertiary/aromatic N) is 3. The van der Waals surface area contributed by atoms with Crippen LogP contribution in [0.5, 0.6) is 0 Å². The van der Waals surface area contributed by atoms with Crippen molar-refractivity contribution in [3.8, 4) is 0 Å². The summed E-state index contributed by atoms with van der Waals surface area (Å²) < 4.78 is 8.31. The van der Waals surface area contributed by atoms with Crippen LogP contribution in [-0.4, -0.2) is 43.6 Å². The van der Waals surface area contributed by atoms with Crippen LogP contribution in [0.15, 0.2) is 9.59 Å². The van der Waals surface area contributed by atoms with E-state index in [0.717, 1.165) is 44.9 Å². The van der Waals surface area contributed by atoms with Crippen molar-refractivity contribution in [2.75, 3.05) is 7.11 Å². The van der Waals surface area contributed by atoms with E-state index in [1.54, 1.807) is 0 Å². The standard InChI is InChI=1S/C24H37N5O5/c1-4-6-10-16-28-17(11-12-18(30)27-24(22(32)34-3)13-8-9-14-24)25-20-19(28)21(31)26-23(33)29(20)15-7-5-2/h4-16H2,1-3H3,(H,27,30)(H,26,31,33). The average Bonchev–Trinajstić information content (AvgIpc) is 3.43. The predicted molar refractivity (Wildman–Crippen MR) is 129 cm³/mol. The van der Waals surface area contributed by atoms with Crippen molar-refractivity contribution in [2.45, 2.75) is 103 Å². The summed E-state index contributed by atoms with van der Waals surface area (Å²) in [7, 11) is 1.34. The van der Waals surface area contributed by atoms with Crippen LogP contribution in [0.25, 0.3) is 11.2 Å². The van der Waals surface area contributed by atoms with Gasteiger partial charge in [0.2, 0.25) is 5.91 Å². The average molecular weight is 476 g/mol. The number of hydrogen-bond donors (Lipinski definition) is 2. The van der Waals surface area contributed by atoms with Crippen molar-refractivity contribution in [3.63, 3.8) is 0 Å². The molecule has 2 aromatic rings. The zero-order valence-electron chi connectivity index (χ0n) is 20.6. The van der Waals surface area contributed by atoms with Gasteiger partial charge >= 0.3 is 11.7 Å². The Bertz CT molecular complexity index is 1120. The minimum Gasteiger partial charge on any atom is -0.467 e. The van der Waals surface area contributed by atoms with Crippen molar-refractivity contribution in [2.24, 2.45) is 0 Å². The highest BCUT2D eigenvalue weighted by molar-refractivity contribution is 5.88. The molecule has 1 aliphatic carbocycles. The lowest BCUT2D eigenvalue weighted by Gasteiger charge is -2.27. The zero-order valence-corrected chi connectivity index (χ0v) is 20.6. The molecular weight excluding hydrogens is 438 g/mol. The van der Waals surface area contributed by atoms with Crippen LogP contribution in [-0.2, 0) is 33.8 Å². The molecule has 0 aromatic carbocycles. The number of nitrogens with one attached hydrogen (secondary N) is 2. The number of carbonyl (C=O) groups is 2. The number of unbranched alkanes of at least 4 members (excludes halogenated alkanes) is 3. The molecule has 3 rings (SSSR count). The molecule has 0 radical (unpaired) electrons. The molecule has 1 fully saturated rings. The van der Waals surface area contributed by atoms with Crippen molar-refractivity contribution in [1.29, 1.82) is 0 Å². The van der Waals surface area contributed by atoms with Crippen LogP contribution in [0.3, 0.4) is 0 Å². The van der Waals surface area contributed by atoms with Crippen LogP contribution in [0.2, 0.25) is 0 Å². The smallest absolute Gasteiger partial charge is 0.331 e. The Hall–Kier alpha value is -2.91. The minimum atomic E-state index is -0.953. The Labute approximate surface area is 199 Å². The normalized spacial score (nSPS) is 15.0. The predicted octanol–water partition coefficient (Wildman–Crippen LogP) is 2.41. The summed E-state index contributed by atoms with van der Waals surface area (Å²) >= 11 is 0. The van der Waals surface area contributed by atoms with E-state index >= 15 is 0 Å². The maximum atomic E-state index is 12.8. The highest BCUT2D eigenvalue weighted by Crippen LogP contribution is 2.31. The second kappa shape index (κ2) is 11.5. The fourth-order valence-electron chi connectivity index (χ4n) is 4.80. The molecule has 0 aliphatic heterocycles. The lowest BCUT2D eigenvalue weighted by Crippen LogP contribution is -2.53. The topological polar surface area (TPSA) is 128 Å². The van der Waals surface area contributed by atoms with Gasteiger partial charge in [-0.2, -0.15) is 0 Å². The fourth-order valence-corrected chi connectivity index (χ4v) is 4.80. The minimum absolute atomic E-state index is 0.118. The summed E-state index contributed by atoms with van der Waals surface area (Å²) in [5.74, 6) is -0.0606. The van der Waals surface area contributed by atoms with E-state index < -0.39 is 22.8 Å². The molecule has 1 amide bonds. The van der Waals surface area contributed by atoms with E-state index in [1.807, 2.05) is 11.5 Å². The van der Waals surface area contributed by atoms with E-state index in [1.165, 1.54) is 11.7 Å². The first-order valence-electron chi connectivity index (χ1n) is 12.5. The number of carbonyl (C=O) groups excluding carboxylic acids is 2. The summed E-state index contributed by atoms with van der Waals surface area (Å²) in [4.78, 5) is 57.5. The lowest BCUT2D eigenvalue weighted by atomic mass is 9.97. The third-order valence-corrected chi connectivity index (χ3v) is 6.67. The SMILES string of the molecule is CCCCCn1c(CCC(=O)NC2(C(=O)OC)CCCC2)nc2c1c(=O)[nH]c(=O)n2CCCC. The van der Waals surface area contributed by atoms with Gasteiger partial charge in [0.1, 0.15) is 11.4 Å². The van der Waals surface area contributed by atoms with Gasteiger partial charge in [-0.3, -0.25) is 19.1 Å². The molecule has 34 heavy (non-hydrogen) atoms. The Balaban J connectivity index is 1.89. The Morgan fingerprint density at radius 1 is 1.06 bits per heavy atom. The monoisotopic (exact) mass is 475 g/mol. The molecular formula is C24H37N5O5. The second-order valence-electron chi connectivity index (χ2n) is 9.15. The van der Waals surface area contributed by atoms with Gasteiger partial charge in [0, 0.05) is 25.9 Å². The highest BCUT2D eigenvalue weighted by atomic mass is 16.5. The van der Waals surface area contributed by atoms with Gasteiger partial charge in [-0.05, 0) is 25.7 Å². The zero-order chi connectivity index (χ0) is 24.7. The first-order valence-corrected chi connectivity index (χ1v) is 12.5. The number of aromatic nitrogens is 4. The Morgan fingerprint density at radius 3 is 2.38 bits per heavy atom. The first-order chi connectivity index (χ1) is 16.4. The van der Waals surface area contributed by atoms with Gasteiger partial charge in [0.15, 0.2) is 11.2 Å². The van der Waals surface area contributed by atoms with E-state index in [-0.39, 0.29) is 12.3 Å². The van der Waals surface area contributed by atoms with Gasteiger partial charge in [-0.15, -0.1) is 0 Å². The third kappa shape index (κ3) is 5.42. The van der Waals surface area contributed by atoms with Gasteiger partial charge in [-0.25, -0.2) is 14.6 Å². The number of imidazole rings is 1. The third-order valence-electron chi connectivity index (χ3n) is 6.67. The summed E-state index contributed by atoms with van der Waals surface area (Å²) in [6.07, 6.45) is 7.85. The van der Waals surface area contributed by atoms with Crippen LogP contribution in [0.4, 0.5) is 0 Å². The summed E-state index contributed by atoms with van der Waals surface area (Å²) in [6, 6.07) is 0. The molecule has 10 heteroatoms. The quantitative estimate of drug-likeness (QED) is 0.358. The van der Waals surface area contributed by atoms with Gasteiger partial charge in [0.05, 0.1) is 7.11 Å². The molecule has 2 N–H and O–H groups in total. The Kier molecular flexibility index (Phi) is 8.68. The maximum absolute atomic E-state index is 12.8. The molecule has 0 bridgehead atoms. The summed E-state index contributed by atoms with van der Waals surface area (Å²) in [6.45, 7) is 5.19. The van der Waals surface area contributed by atoms with Gasteiger partial charge in [0.25, 0.3) is 5.56 Å². The number of methoxy groups -OCH3 is 1. The van der Waals surface area contributed by atoms with Crippen LogP contribution in [0, 0.1) is 0 Å². The number of hydrogen-bond acceptors (Lipinski definition) is 6. The molecule has 0 atom stereocenters. The van der Waals surface area contributed by atoms with Crippen molar-refractivity contribution in [1.82, 2.24) is 24.4 Å². The van der Waals surface area contributed by atoms with E-state index in [9.17, 15) is 19.2 Å². The molecule has 0 saturated heterocycles. The number of aromatic amines is 1. The van der Waals surface area contributed by atoms with E-state index in [4.69, 9.17) is 4.74 Å². The van der Waals surface area contributed by atoms with Crippen molar-refractivity contribution < 1.29 is 14.3 Å². The van der Waals surface area contributed by atoms with Gasteiger partial charge in [-0.1, -0.05) is 46.0 Å². The van der Waals surface area contributed by atoms with Crippen molar-refractivity contribution >= 4 is 23.0 Å². The molecule has 0 spiro atoms. The molecule has 1 aliphatic rings. The van der Waals surface area contributed by atoms with Crippen molar-refractivity contribution in [3.05, 3.63) is 26.7 Å². The number of rotatable bonds is 12. The maximum Gasteiger partial charge on any atom is 0.331 e. The summed E-state index contributed by atoms with van der Waals surface area (Å²) in [5, 5.41) is 2.91. The number of aryl methyl sites for hydroxylation is 3.